The first kappa shape index (κ1) is 14.0. The second-order valence-electron chi connectivity index (χ2n) is 4.54. The van der Waals surface area contributed by atoms with Gasteiger partial charge in [-0.15, -0.1) is 0 Å². The number of hydrogen-bond acceptors (Lipinski definition) is 3. The van der Waals surface area contributed by atoms with Crippen molar-refractivity contribution < 1.29 is 12.8 Å². The van der Waals surface area contributed by atoms with Crippen molar-refractivity contribution in [1.82, 2.24) is 5.32 Å². The van der Waals surface area contributed by atoms with Gasteiger partial charge in [0.15, 0.2) is 9.84 Å². The molecule has 0 spiro atoms. The Kier molecular flexibility index (Phi) is 4.40. The predicted molar refractivity (Wildman–Crippen MR) is 72.6 cm³/mol. The average molecular weight is 336 g/mol. The summed E-state index contributed by atoms with van der Waals surface area (Å²) >= 11 is 3.23. The first-order valence-corrected chi connectivity index (χ1v) is 8.35. The monoisotopic (exact) mass is 335 g/mol. The van der Waals surface area contributed by atoms with Crippen molar-refractivity contribution in [3.63, 3.8) is 0 Å². The lowest BCUT2D eigenvalue weighted by atomic mass is 10.2. The maximum atomic E-state index is 13.1. The molecule has 0 aliphatic carbocycles. The summed E-state index contributed by atoms with van der Waals surface area (Å²) in [5, 5.41) is 2.80. The van der Waals surface area contributed by atoms with Crippen LogP contribution in [0.1, 0.15) is 18.4 Å². The van der Waals surface area contributed by atoms with E-state index in [-0.39, 0.29) is 11.1 Å². The van der Waals surface area contributed by atoms with Gasteiger partial charge in [0.1, 0.15) is 5.82 Å². The average Bonchev–Trinajstić information content (AvgIpc) is 2.57. The summed E-state index contributed by atoms with van der Waals surface area (Å²) in [4.78, 5) is 0. The second kappa shape index (κ2) is 5.67. The van der Waals surface area contributed by atoms with Crippen molar-refractivity contribution in [2.24, 2.45) is 0 Å². The molecule has 3 nitrogen and oxygen atoms in total. The first-order valence-electron chi connectivity index (χ1n) is 5.84. The Balaban J connectivity index is 1.89. The zero-order valence-corrected chi connectivity index (χ0v) is 12.2. The molecular weight excluding hydrogens is 321 g/mol. The molecule has 6 heteroatoms. The predicted octanol–water partition coefficient (Wildman–Crippen LogP) is 2.26. The Morgan fingerprint density at radius 1 is 1.39 bits per heavy atom. The third-order valence-electron chi connectivity index (χ3n) is 3.09. The quantitative estimate of drug-likeness (QED) is 0.917. The van der Waals surface area contributed by atoms with E-state index in [0.29, 0.717) is 23.3 Å². The molecule has 18 heavy (non-hydrogen) atoms. The van der Waals surface area contributed by atoms with Crippen LogP contribution >= 0.6 is 15.9 Å². The van der Waals surface area contributed by atoms with E-state index in [1.165, 1.54) is 12.1 Å². The maximum absolute atomic E-state index is 13.1. The standard InChI is InChI=1S/C12H15BrFNO2S/c13-10-4-9(5-11(14)6-10)7-15-8-12-2-1-3-18(12,16)17/h4-6,12,15H,1-3,7-8H2. The van der Waals surface area contributed by atoms with Gasteiger partial charge in [-0.05, 0) is 36.6 Å². The zero-order chi connectivity index (χ0) is 13.2. The summed E-state index contributed by atoms with van der Waals surface area (Å²) < 4.78 is 37.0. The smallest absolute Gasteiger partial charge is 0.154 e. The van der Waals surface area contributed by atoms with Crippen LogP contribution in [0, 0.1) is 5.82 Å². The van der Waals surface area contributed by atoms with Gasteiger partial charge in [0.2, 0.25) is 0 Å². The second-order valence-corrected chi connectivity index (χ2v) is 7.86. The molecule has 0 bridgehead atoms. The topological polar surface area (TPSA) is 46.2 Å². The molecule has 1 heterocycles. The summed E-state index contributed by atoms with van der Waals surface area (Å²) in [6.45, 7) is 0.916. The molecule has 0 aromatic heterocycles. The number of nitrogens with one attached hydrogen (secondary N) is 1. The molecule has 2 rings (SSSR count). The van der Waals surface area contributed by atoms with E-state index in [4.69, 9.17) is 0 Å². The van der Waals surface area contributed by atoms with Gasteiger partial charge in [0.25, 0.3) is 0 Å². The fraction of sp³-hybridized carbons (Fsp3) is 0.500. The van der Waals surface area contributed by atoms with Crippen LogP contribution in [-0.2, 0) is 16.4 Å². The van der Waals surface area contributed by atoms with E-state index in [0.717, 1.165) is 18.4 Å². The van der Waals surface area contributed by atoms with Crippen LogP contribution in [0.25, 0.3) is 0 Å². The van der Waals surface area contributed by atoms with Crippen LogP contribution in [0.3, 0.4) is 0 Å². The summed E-state index contributed by atoms with van der Waals surface area (Å²) in [7, 11) is -2.90. The lowest BCUT2D eigenvalue weighted by Gasteiger charge is -2.11. The molecule has 1 N–H and O–H groups in total. The van der Waals surface area contributed by atoms with Gasteiger partial charge in [-0.25, -0.2) is 12.8 Å². The molecule has 0 amide bonds. The number of sulfone groups is 1. The molecule has 1 aliphatic rings. The zero-order valence-electron chi connectivity index (χ0n) is 9.83. The van der Waals surface area contributed by atoms with Gasteiger partial charge < -0.3 is 5.32 Å². The lowest BCUT2D eigenvalue weighted by molar-refractivity contribution is 0.572. The van der Waals surface area contributed by atoms with Crippen molar-refractivity contribution in [2.45, 2.75) is 24.6 Å². The number of benzene rings is 1. The molecule has 1 aromatic rings. The number of hydrogen-bond donors (Lipinski definition) is 1. The van der Waals surface area contributed by atoms with E-state index < -0.39 is 9.84 Å². The van der Waals surface area contributed by atoms with E-state index >= 15 is 0 Å². The highest BCUT2D eigenvalue weighted by molar-refractivity contribution is 9.10. The van der Waals surface area contributed by atoms with Crippen LogP contribution < -0.4 is 5.32 Å². The van der Waals surface area contributed by atoms with Gasteiger partial charge >= 0.3 is 0 Å². The van der Waals surface area contributed by atoms with Crippen LogP contribution in [-0.4, -0.2) is 26.0 Å². The highest BCUT2D eigenvalue weighted by atomic mass is 79.9. The van der Waals surface area contributed by atoms with E-state index in [1.807, 2.05) is 6.07 Å². The van der Waals surface area contributed by atoms with Crippen LogP contribution in [0.5, 0.6) is 0 Å². The molecular formula is C12H15BrFNO2S. The van der Waals surface area contributed by atoms with E-state index in [2.05, 4.69) is 21.2 Å². The van der Waals surface area contributed by atoms with Crippen molar-refractivity contribution >= 4 is 25.8 Å². The Labute approximate surface area is 115 Å². The SMILES string of the molecule is O=S1(=O)CCCC1CNCc1cc(F)cc(Br)c1. The Bertz CT molecular complexity index is 513. The molecule has 1 saturated heterocycles. The fourth-order valence-corrected chi connectivity index (χ4v) is 4.49. The highest BCUT2D eigenvalue weighted by Gasteiger charge is 2.30. The minimum absolute atomic E-state index is 0.283. The summed E-state index contributed by atoms with van der Waals surface area (Å²) in [5.41, 5.74) is 0.803. The van der Waals surface area contributed by atoms with Gasteiger partial charge in [-0.2, -0.15) is 0 Å². The Morgan fingerprint density at radius 2 is 2.17 bits per heavy atom. The molecule has 1 unspecified atom stereocenters. The number of halogens is 2. The minimum atomic E-state index is -2.90. The van der Waals surface area contributed by atoms with E-state index in [9.17, 15) is 12.8 Å². The molecule has 1 fully saturated rings. The normalized spacial score (nSPS) is 22.2. The minimum Gasteiger partial charge on any atom is -0.311 e. The van der Waals surface area contributed by atoms with Crippen molar-refractivity contribution in [3.05, 3.63) is 34.1 Å². The largest absolute Gasteiger partial charge is 0.311 e. The molecule has 1 atom stereocenters. The van der Waals surface area contributed by atoms with Gasteiger partial charge in [0.05, 0.1) is 11.0 Å². The molecule has 1 aromatic carbocycles. The van der Waals surface area contributed by atoms with Crippen LogP contribution in [0.4, 0.5) is 4.39 Å². The Morgan fingerprint density at radius 3 is 2.78 bits per heavy atom. The number of rotatable bonds is 4. The lowest BCUT2D eigenvalue weighted by Crippen LogP contribution is -2.30. The molecule has 0 saturated carbocycles. The van der Waals surface area contributed by atoms with Crippen molar-refractivity contribution in [3.8, 4) is 0 Å². The third-order valence-corrected chi connectivity index (χ3v) is 5.82. The molecule has 100 valence electrons. The maximum Gasteiger partial charge on any atom is 0.154 e. The van der Waals surface area contributed by atoms with Crippen LogP contribution in [0.2, 0.25) is 0 Å². The molecule has 1 aliphatic heterocycles. The molecule has 0 radical (unpaired) electrons. The summed E-state index contributed by atoms with van der Waals surface area (Å²) in [6.07, 6.45) is 1.47. The van der Waals surface area contributed by atoms with Gasteiger partial charge in [-0.3, -0.25) is 0 Å². The first-order chi connectivity index (χ1) is 8.47. The summed E-state index contributed by atoms with van der Waals surface area (Å²) in [6, 6.07) is 4.66. The van der Waals surface area contributed by atoms with Crippen LogP contribution in [0.15, 0.2) is 22.7 Å². The fourth-order valence-electron chi connectivity index (χ4n) is 2.18. The third kappa shape index (κ3) is 3.52. The van der Waals surface area contributed by atoms with Crippen molar-refractivity contribution in [2.75, 3.05) is 12.3 Å². The van der Waals surface area contributed by atoms with E-state index in [1.54, 1.807) is 0 Å². The Hall–Kier alpha value is -0.460. The summed E-state index contributed by atoms with van der Waals surface area (Å²) in [5.74, 6) is -0.000120. The van der Waals surface area contributed by atoms with Gasteiger partial charge in [-0.1, -0.05) is 15.9 Å². The highest BCUT2D eigenvalue weighted by Crippen LogP contribution is 2.19. The van der Waals surface area contributed by atoms with Crippen molar-refractivity contribution in [1.29, 1.82) is 0 Å². The van der Waals surface area contributed by atoms with Gasteiger partial charge in [0, 0.05) is 17.6 Å².